The van der Waals surface area contributed by atoms with Crippen molar-refractivity contribution >= 4 is 11.7 Å². The van der Waals surface area contributed by atoms with Crippen LogP contribution in [0.25, 0.3) is 11.4 Å². The van der Waals surface area contributed by atoms with Crippen LogP contribution < -0.4 is 9.64 Å². The van der Waals surface area contributed by atoms with E-state index in [0.717, 1.165) is 34.1 Å². The Morgan fingerprint density at radius 3 is 2.33 bits per heavy atom. The zero-order chi connectivity index (χ0) is 20.9. The smallest absolute Gasteiger partial charge is 0.260 e. The molecular formula is C23H25N5O2. The van der Waals surface area contributed by atoms with Gasteiger partial charge in [-0.05, 0) is 61.4 Å². The van der Waals surface area contributed by atoms with Gasteiger partial charge >= 0.3 is 0 Å². The molecule has 1 fully saturated rings. The van der Waals surface area contributed by atoms with Crippen LogP contribution in [0.2, 0.25) is 0 Å². The molecule has 3 heterocycles. The van der Waals surface area contributed by atoms with Crippen LogP contribution in [-0.4, -0.2) is 58.8 Å². The standard InChI is InChI=1S/C23H25N5O2/c1-17-13-18(2)15-19(14-17)30-16-23(29)28-11-9-27(10-12-28)22-7-6-21(25-26-22)20-5-3-4-8-24-20/h3-8,13-15H,9-12,16H2,1-2H3. The summed E-state index contributed by atoms with van der Waals surface area (Å²) in [4.78, 5) is 20.8. The molecule has 0 N–H and O–H groups in total. The van der Waals surface area contributed by atoms with Gasteiger partial charge in [-0.3, -0.25) is 9.78 Å². The molecule has 0 aliphatic carbocycles. The van der Waals surface area contributed by atoms with Crippen molar-refractivity contribution in [2.24, 2.45) is 0 Å². The van der Waals surface area contributed by atoms with E-state index in [0.29, 0.717) is 26.2 Å². The topological polar surface area (TPSA) is 71.5 Å². The fraction of sp³-hybridized carbons (Fsp3) is 0.304. The third kappa shape index (κ3) is 4.74. The van der Waals surface area contributed by atoms with Crippen LogP contribution in [0.3, 0.4) is 0 Å². The SMILES string of the molecule is Cc1cc(C)cc(OCC(=O)N2CCN(c3ccc(-c4ccccn4)nn3)CC2)c1. The second-order valence-electron chi connectivity index (χ2n) is 7.47. The maximum atomic E-state index is 12.5. The van der Waals surface area contributed by atoms with Crippen molar-refractivity contribution in [2.75, 3.05) is 37.7 Å². The quantitative estimate of drug-likeness (QED) is 0.652. The van der Waals surface area contributed by atoms with Crippen LogP contribution in [-0.2, 0) is 4.79 Å². The van der Waals surface area contributed by atoms with E-state index < -0.39 is 0 Å². The number of carbonyl (C=O) groups is 1. The zero-order valence-corrected chi connectivity index (χ0v) is 17.3. The minimum absolute atomic E-state index is 0.00499. The lowest BCUT2D eigenvalue weighted by Crippen LogP contribution is -2.50. The Morgan fingerprint density at radius 1 is 0.933 bits per heavy atom. The third-order valence-electron chi connectivity index (χ3n) is 5.09. The number of piperazine rings is 1. The molecule has 0 unspecified atom stereocenters. The summed E-state index contributed by atoms with van der Waals surface area (Å²) in [5.41, 5.74) is 3.80. The lowest BCUT2D eigenvalue weighted by atomic mass is 10.1. The molecule has 1 aromatic carbocycles. The van der Waals surface area contributed by atoms with Crippen molar-refractivity contribution < 1.29 is 9.53 Å². The highest BCUT2D eigenvalue weighted by molar-refractivity contribution is 5.78. The second-order valence-corrected chi connectivity index (χ2v) is 7.47. The number of benzene rings is 1. The summed E-state index contributed by atoms with van der Waals surface area (Å²) in [7, 11) is 0. The molecule has 0 spiro atoms. The van der Waals surface area contributed by atoms with Crippen LogP contribution in [0, 0.1) is 13.8 Å². The Labute approximate surface area is 176 Å². The Kier molecular flexibility index (Phi) is 5.88. The van der Waals surface area contributed by atoms with Crippen LogP contribution in [0.4, 0.5) is 5.82 Å². The molecule has 0 atom stereocenters. The van der Waals surface area contributed by atoms with Gasteiger partial charge in [0.05, 0.1) is 5.69 Å². The summed E-state index contributed by atoms with van der Waals surface area (Å²) in [6, 6.07) is 15.6. The van der Waals surface area contributed by atoms with Crippen molar-refractivity contribution in [2.45, 2.75) is 13.8 Å². The third-order valence-corrected chi connectivity index (χ3v) is 5.09. The fourth-order valence-corrected chi connectivity index (χ4v) is 3.58. The van der Waals surface area contributed by atoms with E-state index in [2.05, 4.69) is 26.1 Å². The van der Waals surface area contributed by atoms with E-state index in [1.165, 1.54) is 0 Å². The second kappa shape index (κ2) is 8.90. The Bertz CT molecular complexity index is 980. The van der Waals surface area contributed by atoms with Crippen molar-refractivity contribution in [3.8, 4) is 17.1 Å². The van der Waals surface area contributed by atoms with E-state index in [1.807, 2.05) is 61.2 Å². The van der Waals surface area contributed by atoms with Crippen molar-refractivity contribution in [3.05, 3.63) is 65.9 Å². The Hall–Kier alpha value is -3.48. The van der Waals surface area contributed by atoms with Crippen LogP contribution in [0.5, 0.6) is 5.75 Å². The molecule has 1 saturated heterocycles. The van der Waals surface area contributed by atoms with Gasteiger partial charge in [0.2, 0.25) is 0 Å². The number of hydrogen-bond acceptors (Lipinski definition) is 6. The van der Waals surface area contributed by atoms with Gasteiger partial charge in [-0.2, -0.15) is 0 Å². The minimum atomic E-state index is 0.00499. The first kappa shape index (κ1) is 19.8. The van der Waals surface area contributed by atoms with Gasteiger partial charge in [-0.1, -0.05) is 12.1 Å². The number of pyridine rings is 1. The number of nitrogens with zero attached hydrogens (tertiary/aromatic N) is 5. The van der Waals surface area contributed by atoms with Gasteiger partial charge in [-0.15, -0.1) is 10.2 Å². The van der Waals surface area contributed by atoms with E-state index in [4.69, 9.17) is 4.74 Å². The molecule has 0 bridgehead atoms. The number of ether oxygens (including phenoxy) is 1. The number of anilines is 1. The molecule has 154 valence electrons. The average Bonchev–Trinajstić information content (AvgIpc) is 2.78. The predicted octanol–water partition coefficient (Wildman–Crippen LogP) is 2.88. The molecule has 0 radical (unpaired) electrons. The summed E-state index contributed by atoms with van der Waals surface area (Å²) in [6.45, 7) is 6.80. The summed E-state index contributed by atoms with van der Waals surface area (Å²) >= 11 is 0. The van der Waals surface area contributed by atoms with Gasteiger partial charge < -0.3 is 14.5 Å². The number of rotatable bonds is 5. The Balaban J connectivity index is 1.29. The molecular weight excluding hydrogens is 378 g/mol. The van der Waals surface area contributed by atoms with Gasteiger partial charge in [0.15, 0.2) is 12.4 Å². The summed E-state index contributed by atoms with van der Waals surface area (Å²) in [5, 5.41) is 8.65. The van der Waals surface area contributed by atoms with Crippen LogP contribution >= 0.6 is 0 Å². The number of aromatic nitrogens is 3. The molecule has 7 nitrogen and oxygen atoms in total. The van der Waals surface area contributed by atoms with Gasteiger partial charge in [0.1, 0.15) is 11.4 Å². The monoisotopic (exact) mass is 403 g/mol. The number of aryl methyl sites for hydroxylation is 2. The first-order chi connectivity index (χ1) is 14.6. The van der Waals surface area contributed by atoms with Crippen molar-refractivity contribution in [1.82, 2.24) is 20.1 Å². The first-order valence-corrected chi connectivity index (χ1v) is 10.1. The molecule has 7 heteroatoms. The van der Waals surface area contributed by atoms with Crippen LogP contribution in [0.15, 0.2) is 54.7 Å². The highest BCUT2D eigenvalue weighted by Crippen LogP contribution is 2.18. The maximum absolute atomic E-state index is 12.5. The molecule has 4 rings (SSSR count). The predicted molar refractivity (Wildman–Crippen MR) is 115 cm³/mol. The number of hydrogen-bond donors (Lipinski definition) is 0. The molecule has 0 saturated carbocycles. The molecule has 2 aromatic heterocycles. The lowest BCUT2D eigenvalue weighted by molar-refractivity contribution is -0.133. The Morgan fingerprint density at radius 2 is 1.70 bits per heavy atom. The van der Waals surface area contributed by atoms with Gasteiger partial charge in [0, 0.05) is 32.4 Å². The first-order valence-electron chi connectivity index (χ1n) is 10.1. The highest BCUT2D eigenvalue weighted by Gasteiger charge is 2.22. The number of carbonyl (C=O) groups excluding carboxylic acids is 1. The summed E-state index contributed by atoms with van der Waals surface area (Å²) in [5.74, 6) is 1.56. The lowest BCUT2D eigenvalue weighted by Gasteiger charge is -2.35. The van der Waals surface area contributed by atoms with Gasteiger partial charge in [-0.25, -0.2) is 0 Å². The van der Waals surface area contributed by atoms with Crippen molar-refractivity contribution in [3.63, 3.8) is 0 Å². The maximum Gasteiger partial charge on any atom is 0.260 e. The normalized spacial score (nSPS) is 13.9. The van der Waals surface area contributed by atoms with E-state index >= 15 is 0 Å². The number of amides is 1. The molecule has 3 aromatic rings. The van der Waals surface area contributed by atoms with E-state index in [1.54, 1.807) is 6.20 Å². The summed E-state index contributed by atoms with van der Waals surface area (Å²) in [6.07, 6.45) is 1.74. The van der Waals surface area contributed by atoms with E-state index in [9.17, 15) is 4.79 Å². The average molecular weight is 403 g/mol. The molecule has 1 aliphatic heterocycles. The summed E-state index contributed by atoms with van der Waals surface area (Å²) < 4.78 is 5.72. The van der Waals surface area contributed by atoms with Crippen molar-refractivity contribution in [1.29, 1.82) is 0 Å². The molecule has 30 heavy (non-hydrogen) atoms. The minimum Gasteiger partial charge on any atom is -0.484 e. The highest BCUT2D eigenvalue weighted by atomic mass is 16.5. The molecule has 1 aliphatic rings. The largest absolute Gasteiger partial charge is 0.484 e. The van der Waals surface area contributed by atoms with E-state index in [-0.39, 0.29) is 12.5 Å². The van der Waals surface area contributed by atoms with Crippen LogP contribution in [0.1, 0.15) is 11.1 Å². The zero-order valence-electron chi connectivity index (χ0n) is 17.3. The van der Waals surface area contributed by atoms with Gasteiger partial charge in [0.25, 0.3) is 5.91 Å². The molecule has 1 amide bonds. The fourth-order valence-electron chi connectivity index (χ4n) is 3.58.